The van der Waals surface area contributed by atoms with Gasteiger partial charge >= 0.3 is 0 Å². The zero-order valence-corrected chi connectivity index (χ0v) is 8.48. The molecule has 0 radical (unpaired) electrons. The second kappa shape index (κ2) is 4.11. The standard InChI is InChI=1S/C10H17N3O/c1-11-7-10(14)9-5-6-12-13(9)8-3-2-4-8/h5-6,8,10-11,14H,2-4,7H2,1H3. The highest BCUT2D eigenvalue weighted by molar-refractivity contribution is 5.07. The smallest absolute Gasteiger partial charge is 0.108 e. The molecule has 1 aromatic heterocycles. The summed E-state index contributed by atoms with van der Waals surface area (Å²) in [7, 11) is 1.84. The zero-order chi connectivity index (χ0) is 9.97. The maximum absolute atomic E-state index is 9.84. The Balaban J connectivity index is 2.11. The van der Waals surface area contributed by atoms with Crippen molar-refractivity contribution in [3.05, 3.63) is 18.0 Å². The second-order valence-corrected chi connectivity index (χ2v) is 3.86. The van der Waals surface area contributed by atoms with Crippen molar-refractivity contribution in [2.24, 2.45) is 0 Å². The van der Waals surface area contributed by atoms with E-state index < -0.39 is 6.10 Å². The molecule has 2 N–H and O–H groups in total. The van der Waals surface area contributed by atoms with Crippen molar-refractivity contribution in [2.75, 3.05) is 13.6 Å². The molecule has 78 valence electrons. The van der Waals surface area contributed by atoms with E-state index in [1.54, 1.807) is 6.20 Å². The average molecular weight is 195 g/mol. The molecule has 1 heterocycles. The molecule has 0 amide bonds. The van der Waals surface area contributed by atoms with Crippen molar-refractivity contribution in [3.8, 4) is 0 Å². The molecule has 2 rings (SSSR count). The molecule has 1 atom stereocenters. The van der Waals surface area contributed by atoms with Gasteiger partial charge in [-0.1, -0.05) is 0 Å². The monoisotopic (exact) mass is 195 g/mol. The van der Waals surface area contributed by atoms with E-state index in [-0.39, 0.29) is 0 Å². The number of aliphatic hydroxyl groups excluding tert-OH is 1. The van der Waals surface area contributed by atoms with E-state index in [1.807, 2.05) is 17.8 Å². The Morgan fingerprint density at radius 1 is 1.71 bits per heavy atom. The molecule has 0 saturated heterocycles. The predicted molar refractivity (Wildman–Crippen MR) is 54.0 cm³/mol. The first-order valence-corrected chi connectivity index (χ1v) is 5.19. The van der Waals surface area contributed by atoms with Crippen LogP contribution in [0, 0.1) is 0 Å². The van der Waals surface area contributed by atoms with Crippen LogP contribution in [0.25, 0.3) is 0 Å². The van der Waals surface area contributed by atoms with Crippen molar-refractivity contribution in [2.45, 2.75) is 31.4 Å². The molecule has 1 aliphatic rings. The summed E-state index contributed by atoms with van der Waals surface area (Å²) < 4.78 is 1.98. The topological polar surface area (TPSA) is 50.1 Å². The van der Waals surface area contributed by atoms with Gasteiger partial charge in [0.25, 0.3) is 0 Å². The SMILES string of the molecule is CNCC(O)c1ccnn1C1CCC1. The Morgan fingerprint density at radius 3 is 3.07 bits per heavy atom. The fraction of sp³-hybridized carbons (Fsp3) is 0.700. The fourth-order valence-corrected chi connectivity index (χ4v) is 1.82. The summed E-state index contributed by atoms with van der Waals surface area (Å²) in [6.07, 6.45) is 5.00. The maximum atomic E-state index is 9.84. The van der Waals surface area contributed by atoms with E-state index in [9.17, 15) is 5.11 Å². The molecule has 4 nitrogen and oxygen atoms in total. The van der Waals surface area contributed by atoms with Crippen LogP contribution in [0.3, 0.4) is 0 Å². The van der Waals surface area contributed by atoms with Gasteiger partial charge in [0.2, 0.25) is 0 Å². The largest absolute Gasteiger partial charge is 0.385 e. The molecule has 0 spiro atoms. The summed E-state index contributed by atoms with van der Waals surface area (Å²) in [5.74, 6) is 0. The number of likely N-dealkylation sites (N-methyl/N-ethyl adjacent to an activating group) is 1. The van der Waals surface area contributed by atoms with Gasteiger partial charge in [-0.05, 0) is 32.4 Å². The van der Waals surface area contributed by atoms with E-state index in [2.05, 4.69) is 10.4 Å². The highest BCUT2D eigenvalue weighted by atomic mass is 16.3. The van der Waals surface area contributed by atoms with Gasteiger partial charge in [0.05, 0.1) is 11.7 Å². The van der Waals surface area contributed by atoms with Crippen molar-refractivity contribution in [1.82, 2.24) is 15.1 Å². The Hall–Kier alpha value is -0.870. The summed E-state index contributed by atoms with van der Waals surface area (Å²) in [6, 6.07) is 2.42. The van der Waals surface area contributed by atoms with Crippen LogP contribution in [0.2, 0.25) is 0 Å². The lowest BCUT2D eigenvalue weighted by molar-refractivity contribution is 0.155. The quantitative estimate of drug-likeness (QED) is 0.749. The Labute approximate surface area is 83.9 Å². The molecule has 1 aromatic rings. The lowest BCUT2D eigenvalue weighted by Crippen LogP contribution is -2.25. The molecule has 1 unspecified atom stereocenters. The summed E-state index contributed by atoms with van der Waals surface area (Å²) in [4.78, 5) is 0. The van der Waals surface area contributed by atoms with Crippen LogP contribution in [0.15, 0.2) is 12.3 Å². The number of aliphatic hydroxyl groups is 1. The third-order valence-corrected chi connectivity index (χ3v) is 2.86. The van der Waals surface area contributed by atoms with Gasteiger partial charge in [-0.2, -0.15) is 5.10 Å². The number of hydrogen-bond acceptors (Lipinski definition) is 3. The summed E-state index contributed by atoms with van der Waals surface area (Å²) >= 11 is 0. The highest BCUT2D eigenvalue weighted by Crippen LogP contribution is 2.32. The van der Waals surface area contributed by atoms with Gasteiger partial charge < -0.3 is 10.4 Å². The number of rotatable bonds is 4. The maximum Gasteiger partial charge on any atom is 0.108 e. The Morgan fingerprint density at radius 2 is 2.50 bits per heavy atom. The van der Waals surface area contributed by atoms with Crippen molar-refractivity contribution in [1.29, 1.82) is 0 Å². The number of nitrogens with zero attached hydrogens (tertiary/aromatic N) is 2. The Kier molecular flexibility index (Phi) is 2.84. The zero-order valence-electron chi connectivity index (χ0n) is 8.48. The van der Waals surface area contributed by atoms with Gasteiger partial charge in [0.1, 0.15) is 6.10 Å². The van der Waals surface area contributed by atoms with Gasteiger partial charge in [0, 0.05) is 12.7 Å². The molecule has 1 saturated carbocycles. The van der Waals surface area contributed by atoms with Crippen LogP contribution in [0.4, 0.5) is 0 Å². The molecule has 1 aliphatic carbocycles. The second-order valence-electron chi connectivity index (χ2n) is 3.86. The van der Waals surface area contributed by atoms with Crippen molar-refractivity contribution >= 4 is 0 Å². The van der Waals surface area contributed by atoms with Crippen LogP contribution < -0.4 is 5.32 Å². The van der Waals surface area contributed by atoms with Crippen LogP contribution in [-0.4, -0.2) is 28.5 Å². The fourth-order valence-electron chi connectivity index (χ4n) is 1.82. The first kappa shape index (κ1) is 9.68. The first-order chi connectivity index (χ1) is 6.83. The van der Waals surface area contributed by atoms with Crippen LogP contribution in [0.5, 0.6) is 0 Å². The highest BCUT2D eigenvalue weighted by Gasteiger charge is 2.24. The van der Waals surface area contributed by atoms with E-state index in [0.29, 0.717) is 12.6 Å². The first-order valence-electron chi connectivity index (χ1n) is 5.19. The minimum Gasteiger partial charge on any atom is -0.385 e. The average Bonchev–Trinajstić information content (AvgIpc) is 2.50. The van der Waals surface area contributed by atoms with Crippen molar-refractivity contribution in [3.63, 3.8) is 0 Å². The lowest BCUT2D eigenvalue weighted by atomic mass is 9.93. The summed E-state index contributed by atoms with van der Waals surface area (Å²) in [6.45, 7) is 0.582. The lowest BCUT2D eigenvalue weighted by Gasteiger charge is -2.28. The van der Waals surface area contributed by atoms with E-state index in [1.165, 1.54) is 19.3 Å². The number of nitrogens with one attached hydrogen (secondary N) is 1. The van der Waals surface area contributed by atoms with Crippen LogP contribution >= 0.6 is 0 Å². The van der Waals surface area contributed by atoms with E-state index in [4.69, 9.17) is 0 Å². The van der Waals surface area contributed by atoms with Gasteiger partial charge in [-0.25, -0.2) is 0 Å². The summed E-state index contributed by atoms with van der Waals surface area (Å²) in [5.41, 5.74) is 0.934. The number of hydrogen-bond donors (Lipinski definition) is 2. The van der Waals surface area contributed by atoms with Crippen LogP contribution in [-0.2, 0) is 0 Å². The minimum absolute atomic E-state index is 0.442. The third-order valence-electron chi connectivity index (χ3n) is 2.86. The molecule has 4 heteroatoms. The molecular formula is C10H17N3O. The Bertz CT molecular complexity index is 293. The molecule has 0 aliphatic heterocycles. The molecule has 14 heavy (non-hydrogen) atoms. The number of aromatic nitrogens is 2. The molecule has 0 aromatic carbocycles. The predicted octanol–water partition coefficient (Wildman–Crippen LogP) is 0.861. The minimum atomic E-state index is -0.442. The molecule has 1 fully saturated rings. The van der Waals surface area contributed by atoms with Crippen LogP contribution in [0.1, 0.15) is 37.1 Å². The van der Waals surface area contributed by atoms with Crippen molar-refractivity contribution < 1.29 is 5.11 Å². The molecular weight excluding hydrogens is 178 g/mol. The van der Waals surface area contributed by atoms with Gasteiger partial charge in [-0.3, -0.25) is 4.68 Å². The third kappa shape index (κ3) is 1.67. The normalized spacial score (nSPS) is 19.3. The van der Waals surface area contributed by atoms with Gasteiger partial charge in [-0.15, -0.1) is 0 Å². The van der Waals surface area contributed by atoms with Gasteiger partial charge in [0.15, 0.2) is 0 Å². The van der Waals surface area contributed by atoms with E-state index in [0.717, 1.165) is 5.69 Å². The molecule has 0 bridgehead atoms. The summed E-state index contributed by atoms with van der Waals surface area (Å²) in [5, 5.41) is 17.1. The van der Waals surface area contributed by atoms with E-state index >= 15 is 0 Å².